The number of benzene rings is 1. The Morgan fingerprint density at radius 3 is 2.56 bits per heavy atom. The number of carbonyl (C=O) groups excluding carboxylic acids is 2. The molecule has 1 aromatic carbocycles. The van der Waals surface area contributed by atoms with Crippen molar-refractivity contribution >= 4 is 12.1 Å². The average molecular weight is 378 g/mol. The van der Waals surface area contributed by atoms with Gasteiger partial charge in [0.1, 0.15) is 11.4 Å². The first-order valence-electron chi connectivity index (χ1n) is 9.28. The maximum Gasteiger partial charge on any atom is 0.407 e. The monoisotopic (exact) mass is 378 g/mol. The zero-order valence-electron chi connectivity index (χ0n) is 16.6. The molecule has 0 bridgehead atoms. The largest absolute Gasteiger partial charge is 0.482 e. The summed E-state index contributed by atoms with van der Waals surface area (Å²) in [7, 11) is 1.34. The number of alkyl carbamates (subject to hydrolysis) is 1. The minimum atomic E-state index is -0.532. The summed E-state index contributed by atoms with van der Waals surface area (Å²) in [5.41, 5.74) is 1.49. The van der Waals surface area contributed by atoms with Crippen molar-refractivity contribution in [2.24, 2.45) is 0 Å². The predicted octanol–water partition coefficient (Wildman–Crippen LogP) is 2.73. The van der Waals surface area contributed by atoms with Crippen LogP contribution in [0.25, 0.3) is 0 Å². The van der Waals surface area contributed by atoms with E-state index in [0.29, 0.717) is 18.2 Å². The summed E-state index contributed by atoms with van der Waals surface area (Å²) in [4.78, 5) is 23.3. The quantitative estimate of drug-likeness (QED) is 0.741. The molecule has 0 aliphatic carbocycles. The molecule has 150 valence electrons. The zero-order chi connectivity index (χ0) is 19.9. The standard InChI is InChI=1S/C20H30N2O5/c1-20(2,3)27-19(24)22-12-14-5-6-17(26-13-18(23)25-4)16(11-14)15-7-9-21-10-8-15/h5-6,11,15,21H,7-10,12-13H2,1-4H3,(H,22,24). The van der Waals surface area contributed by atoms with Gasteiger partial charge in [-0.15, -0.1) is 0 Å². The number of hydrogen-bond acceptors (Lipinski definition) is 6. The highest BCUT2D eigenvalue weighted by Crippen LogP contribution is 2.33. The first-order chi connectivity index (χ1) is 12.8. The van der Waals surface area contributed by atoms with Gasteiger partial charge in [0.15, 0.2) is 6.61 Å². The van der Waals surface area contributed by atoms with E-state index < -0.39 is 17.7 Å². The van der Waals surface area contributed by atoms with Crippen molar-refractivity contribution in [2.45, 2.75) is 51.7 Å². The normalized spacial score (nSPS) is 15.1. The van der Waals surface area contributed by atoms with E-state index in [0.717, 1.165) is 37.1 Å². The fourth-order valence-electron chi connectivity index (χ4n) is 2.98. The summed E-state index contributed by atoms with van der Waals surface area (Å²) < 4.78 is 15.6. The summed E-state index contributed by atoms with van der Waals surface area (Å²) in [5.74, 6) is 0.621. The van der Waals surface area contributed by atoms with Crippen LogP contribution in [0.2, 0.25) is 0 Å². The molecule has 1 fully saturated rings. The summed E-state index contributed by atoms with van der Waals surface area (Å²) in [5, 5.41) is 6.13. The van der Waals surface area contributed by atoms with Gasteiger partial charge in [-0.3, -0.25) is 0 Å². The molecule has 0 saturated carbocycles. The highest BCUT2D eigenvalue weighted by Gasteiger charge is 2.21. The number of nitrogens with one attached hydrogen (secondary N) is 2. The minimum absolute atomic E-state index is 0.121. The lowest BCUT2D eigenvalue weighted by molar-refractivity contribution is -0.142. The van der Waals surface area contributed by atoms with E-state index in [4.69, 9.17) is 9.47 Å². The van der Waals surface area contributed by atoms with Crippen LogP contribution in [0.5, 0.6) is 5.75 Å². The minimum Gasteiger partial charge on any atom is -0.482 e. The lowest BCUT2D eigenvalue weighted by Crippen LogP contribution is -2.32. The molecule has 1 aliphatic rings. The number of rotatable bonds is 6. The second kappa shape index (κ2) is 9.60. The van der Waals surface area contributed by atoms with Crippen molar-refractivity contribution in [1.29, 1.82) is 0 Å². The van der Waals surface area contributed by atoms with Crippen LogP contribution in [-0.2, 0) is 20.8 Å². The molecular formula is C20H30N2O5. The number of hydrogen-bond donors (Lipinski definition) is 2. The molecule has 1 saturated heterocycles. The Balaban J connectivity index is 2.10. The van der Waals surface area contributed by atoms with Gasteiger partial charge in [-0.05, 0) is 69.8 Å². The molecule has 0 spiro atoms. The first kappa shape index (κ1) is 21.0. The molecule has 0 unspecified atom stereocenters. The van der Waals surface area contributed by atoms with Crippen molar-refractivity contribution in [3.8, 4) is 5.75 Å². The van der Waals surface area contributed by atoms with Crippen LogP contribution in [0.1, 0.15) is 50.7 Å². The van der Waals surface area contributed by atoms with Gasteiger partial charge in [0, 0.05) is 6.54 Å². The topological polar surface area (TPSA) is 85.9 Å². The third-order valence-electron chi connectivity index (χ3n) is 4.26. The van der Waals surface area contributed by atoms with Crippen molar-refractivity contribution in [1.82, 2.24) is 10.6 Å². The summed E-state index contributed by atoms with van der Waals surface area (Å²) in [6.07, 6.45) is 1.55. The van der Waals surface area contributed by atoms with Gasteiger partial charge >= 0.3 is 12.1 Å². The fraction of sp³-hybridized carbons (Fsp3) is 0.600. The van der Waals surface area contributed by atoms with E-state index in [1.807, 2.05) is 39.0 Å². The van der Waals surface area contributed by atoms with Crippen molar-refractivity contribution in [2.75, 3.05) is 26.8 Å². The summed E-state index contributed by atoms with van der Waals surface area (Å²) in [6, 6.07) is 5.78. The van der Waals surface area contributed by atoms with E-state index in [2.05, 4.69) is 15.4 Å². The van der Waals surface area contributed by atoms with Gasteiger partial charge in [0.05, 0.1) is 7.11 Å². The molecule has 7 heteroatoms. The van der Waals surface area contributed by atoms with Crippen LogP contribution in [0.3, 0.4) is 0 Å². The molecule has 7 nitrogen and oxygen atoms in total. The van der Waals surface area contributed by atoms with Gasteiger partial charge in [-0.25, -0.2) is 9.59 Å². The lowest BCUT2D eigenvalue weighted by atomic mass is 9.88. The first-order valence-corrected chi connectivity index (χ1v) is 9.28. The smallest absolute Gasteiger partial charge is 0.407 e. The van der Waals surface area contributed by atoms with E-state index in [1.165, 1.54) is 7.11 Å². The molecule has 0 atom stereocenters. The van der Waals surface area contributed by atoms with Gasteiger partial charge in [-0.1, -0.05) is 12.1 Å². The maximum atomic E-state index is 11.9. The maximum absolute atomic E-state index is 11.9. The second-order valence-electron chi connectivity index (χ2n) is 7.62. The highest BCUT2D eigenvalue weighted by molar-refractivity contribution is 5.71. The molecule has 0 aromatic heterocycles. The molecule has 2 N–H and O–H groups in total. The number of esters is 1. The zero-order valence-corrected chi connectivity index (χ0v) is 16.6. The van der Waals surface area contributed by atoms with Crippen LogP contribution in [0, 0.1) is 0 Å². The Kier molecular flexibility index (Phi) is 7.47. The van der Waals surface area contributed by atoms with Crippen molar-refractivity contribution < 1.29 is 23.8 Å². The molecule has 0 radical (unpaired) electrons. The Labute approximate surface area is 160 Å². The van der Waals surface area contributed by atoms with E-state index in [9.17, 15) is 9.59 Å². The summed E-state index contributed by atoms with van der Waals surface area (Å²) >= 11 is 0. The molecule has 27 heavy (non-hydrogen) atoms. The Bertz CT molecular complexity index is 648. The molecule has 1 aliphatic heterocycles. The van der Waals surface area contributed by atoms with Crippen molar-refractivity contribution in [3.05, 3.63) is 29.3 Å². The van der Waals surface area contributed by atoms with Crippen molar-refractivity contribution in [3.63, 3.8) is 0 Å². The average Bonchev–Trinajstić information content (AvgIpc) is 2.64. The van der Waals surface area contributed by atoms with Crippen LogP contribution in [-0.4, -0.2) is 44.5 Å². The predicted molar refractivity (Wildman–Crippen MR) is 102 cm³/mol. The van der Waals surface area contributed by atoms with E-state index in [-0.39, 0.29) is 6.61 Å². The van der Waals surface area contributed by atoms with Crippen LogP contribution >= 0.6 is 0 Å². The second-order valence-corrected chi connectivity index (χ2v) is 7.62. The number of carbonyl (C=O) groups is 2. The fourth-order valence-corrected chi connectivity index (χ4v) is 2.98. The van der Waals surface area contributed by atoms with Gasteiger partial charge in [-0.2, -0.15) is 0 Å². The molecule has 1 heterocycles. The highest BCUT2D eigenvalue weighted by atomic mass is 16.6. The van der Waals surface area contributed by atoms with Crippen LogP contribution in [0.15, 0.2) is 18.2 Å². The van der Waals surface area contributed by atoms with E-state index in [1.54, 1.807) is 0 Å². The third-order valence-corrected chi connectivity index (χ3v) is 4.26. The Hall–Kier alpha value is -2.28. The number of piperidine rings is 1. The molecule has 1 aromatic rings. The Morgan fingerprint density at radius 2 is 1.93 bits per heavy atom. The molecule has 2 rings (SSSR count). The molecule has 1 amide bonds. The summed E-state index contributed by atoms with van der Waals surface area (Å²) in [6.45, 7) is 7.62. The SMILES string of the molecule is COC(=O)COc1ccc(CNC(=O)OC(C)(C)C)cc1C1CCNCC1. The lowest BCUT2D eigenvalue weighted by Gasteiger charge is -2.25. The van der Waals surface area contributed by atoms with Gasteiger partial charge < -0.3 is 24.8 Å². The number of ether oxygens (including phenoxy) is 3. The Morgan fingerprint density at radius 1 is 1.22 bits per heavy atom. The molecular weight excluding hydrogens is 348 g/mol. The van der Waals surface area contributed by atoms with Crippen LogP contribution in [0.4, 0.5) is 4.79 Å². The van der Waals surface area contributed by atoms with Gasteiger partial charge in [0.2, 0.25) is 0 Å². The van der Waals surface area contributed by atoms with E-state index >= 15 is 0 Å². The van der Waals surface area contributed by atoms with Crippen LogP contribution < -0.4 is 15.4 Å². The third kappa shape index (κ3) is 7.09. The number of methoxy groups -OCH3 is 1. The van der Waals surface area contributed by atoms with Gasteiger partial charge in [0.25, 0.3) is 0 Å². The number of amides is 1.